The second-order valence-electron chi connectivity index (χ2n) is 23.8. The maximum absolute atomic E-state index is 14.7. The summed E-state index contributed by atoms with van der Waals surface area (Å²) in [5.74, 6) is -0.901. The first kappa shape index (κ1) is 54.4. The van der Waals surface area contributed by atoms with Gasteiger partial charge in [0.05, 0.1) is 39.6 Å². The zero-order valence-electron chi connectivity index (χ0n) is 43.1. The van der Waals surface area contributed by atoms with Crippen molar-refractivity contribution in [2.75, 3.05) is 46.4 Å². The highest BCUT2D eigenvalue weighted by Crippen LogP contribution is 2.44. The minimum absolute atomic E-state index is 0.109. The van der Waals surface area contributed by atoms with E-state index in [1.54, 1.807) is 0 Å². The van der Waals surface area contributed by atoms with Gasteiger partial charge >= 0.3 is 12.1 Å². The van der Waals surface area contributed by atoms with Crippen molar-refractivity contribution in [3.05, 3.63) is 0 Å². The van der Waals surface area contributed by atoms with E-state index in [4.69, 9.17) is 9.47 Å². The fraction of sp³-hybridized carbons (Fsp3) is 0.870. The molecule has 6 fully saturated rings. The maximum atomic E-state index is 14.7. The number of hydrogen-bond acceptors (Lipinski definition) is 9. The molecule has 0 unspecified atom stereocenters. The molecular weight excluding hydrogens is 877 g/mol. The van der Waals surface area contributed by atoms with E-state index in [0.29, 0.717) is 77.0 Å². The first-order chi connectivity index (χ1) is 33.0. The molecule has 6 saturated carbocycles. The van der Waals surface area contributed by atoms with Crippen molar-refractivity contribution in [3.63, 3.8) is 0 Å². The van der Waals surface area contributed by atoms with Crippen LogP contribution in [-0.2, 0) is 38.2 Å². The van der Waals surface area contributed by atoms with Crippen molar-refractivity contribution in [1.82, 2.24) is 31.9 Å². The van der Waals surface area contributed by atoms with Crippen LogP contribution in [0.25, 0.3) is 0 Å². The van der Waals surface area contributed by atoms with Crippen molar-refractivity contribution >= 4 is 41.6 Å². The van der Waals surface area contributed by atoms with Gasteiger partial charge in [-0.05, 0) is 97.8 Å². The standard InChI is InChI=1S/C54H90N6O9/c1-48(2,3)69-47(67)60-39-53(31-19-9-20-32-53)45(65)58-37-51(27-15-7-16-28-51)43(63)56-35-49(23-11-5-12-24-49)41(61)55-36-50(25-13-6-14-26-50)42(62)57-38-52(29-17-8-18-30-52)44(64)59-40-54(46(66)68-4)33-21-10-22-34-54/h5-40H2,1-4H3,(H,55,61)(H,56,63)(H,57,62)(H,58,65)(H,59,64)(H,60,67). The zero-order valence-corrected chi connectivity index (χ0v) is 43.1. The van der Waals surface area contributed by atoms with E-state index in [2.05, 4.69) is 31.9 Å². The van der Waals surface area contributed by atoms with Gasteiger partial charge in [-0.1, -0.05) is 116 Å². The summed E-state index contributed by atoms with van der Waals surface area (Å²) < 4.78 is 10.7. The number of carbonyl (C=O) groups is 7. The van der Waals surface area contributed by atoms with Gasteiger partial charge in [-0.15, -0.1) is 0 Å². The number of carbonyl (C=O) groups excluding carboxylic acids is 7. The Morgan fingerprint density at radius 1 is 0.333 bits per heavy atom. The van der Waals surface area contributed by atoms with Crippen LogP contribution < -0.4 is 31.9 Å². The molecule has 15 nitrogen and oxygen atoms in total. The van der Waals surface area contributed by atoms with Gasteiger partial charge in [0, 0.05) is 39.3 Å². The van der Waals surface area contributed by atoms with Crippen LogP contribution in [0.1, 0.15) is 213 Å². The van der Waals surface area contributed by atoms with Crippen LogP contribution in [-0.4, -0.2) is 93.6 Å². The molecule has 6 aliphatic carbocycles. The van der Waals surface area contributed by atoms with Crippen molar-refractivity contribution in [1.29, 1.82) is 0 Å². The molecule has 0 saturated heterocycles. The lowest BCUT2D eigenvalue weighted by Crippen LogP contribution is -2.58. The van der Waals surface area contributed by atoms with Crippen LogP contribution in [0.5, 0.6) is 0 Å². The SMILES string of the molecule is COC(=O)C1(CNC(=O)C2(CNC(=O)C3(CNC(=O)C4(CNC(=O)C5(CNC(=O)C6(CNC(=O)OC(C)(C)C)CCCCC6)CCCCC5)CCCCC4)CCCCC3)CCCCC2)CCCCC1. The van der Waals surface area contributed by atoms with E-state index in [9.17, 15) is 33.6 Å². The van der Waals surface area contributed by atoms with Crippen molar-refractivity contribution in [3.8, 4) is 0 Å². The first-order valence-electron chi connectivity index (χ1n) is 27.4. The predicted octanol–water partition coefficient (Wildman–Crippen LogP) is 7.97. The summed E-state index contributed by atoms with van der Waals surface area (Å²) in [6.07, 6.45) is 23.9. The van der Waals surface area contributed by atoms with Gasteiger partial charge < -0.3 is 41.4 Å². The van der Waals surface area contributed by atoms with Crippen molar-refractivity contribution in [2.24, 2.45) is 32.5 Å². The molecule has 6 aliphatic rings. The lowest BCUT2D eigenvalue weighted by molar-refractivity contribution is -0.155. The summed E-state index contributed by atoms with van der Waals surface area (Å²) >= 11 is 0. The normalized spacial score (nSPS) is 23.7. The van der Waals surface area contributed by atoms with E-state index in [-0.39, 0.29) is 74.8 Å². The molecule has 0 radical (unpaired) electrons. The number of methoxy groups -OCH3 is 1. The van der Waals surface area contributed by atoms with Crippen molar-refractivity contribution in [2.45, 2.75) is 219 Å². The average Bonchev–Trinajstić information content (AvgIpc) is 3.37. The second-order valence-corrected chi connectivity index (χ2v) is 23.8. The third-order valence-corrected chi connectivity index (χ3v) is 17.8. The van der Waals surface area contributed by atoms with E-state index in [1.807, 2.05) is 20.8 Å². The van der Waals surface area contributed by atoms with Crippen LogP contribution in [0.4, 0.5) is 4.79 Å². The second kappa shape index (κ2) is 24.0. The molecule has 0 bridgehead atoms. The van der Waals surface area contributed by atoms with Gasteiger partial charge in [0.2, 0.25) is 29.5 Å². The van der Waals surface area contributed by atoms with Gasteiger partial charge in [-0.2, -0.15) is 0 Å². The predicted molar refractivity (Wildman–Crippen MR) is 264 cm³/mol. The molecule has 0 aromatic heterocycles. The van der Waals surface area contributed by atoms with Gasteiger partial charge in [-0.3, -0.25) is 28.8 Å². The summed E-state index contributed by atoms with van der Waals surface area (Å²) in [4.78, 5) is 97.9. The summed E-state index contributed by atoms with van der Waals surface area (Å²) in [6, 6.07) is 0. The fourth-order valence-corrected chi connectivity index (χ4v) is 13.2. The van der Waals surface area contributed by atoms with Crippen LogP contribution in [0.15, 0.2) is 0 Å². The lowest BCUT2D eigenvalue weighted by Gasteiger charge is -2.42. The smallest absolute Gasteiger partial charge is 0.407 e. The van der Waals surface area contributed by atoms with Crippen LogP contribution in [0.2, 0.25) is 0 Å². The highest BCUT2D eigenvalue weighted by atomic mass is 16.6. The Bertz CT molecular complexity index is 1770. The first-order valence-corrected chi connectivity index (χ1v) is 27.4. The Balaban J connectivity index is 1.09. The van der Waals surface area contributed by atoms with E-state index < -0.39 is 44.2 Å². The molecule has 0 aliphatic heterocycles. The summed E-state index contributed by atoms with van der Waals surface area (Å²) in [7, 11) is 1.41. The van der Waals surface area contributed by atoms with E-state index in [0.717, 1.165) is 116 Å². The van der Waals surface area contributed by atoms with Crippen LogP contribution >= 0.6 is 0 Å². The number of alkyl carbamates (subject to hydrolysis) is 1. The van der Waals surface area contributed by atoms with Gasteiger partial charge in [0.25, 0.3) is 0 Å². The third-order valence-electron chi connectivity index (χ3n) is 17.8. The monoisotopic (exact) mass is 967 g/mol. The Morgan fingerprint density at radius 2 is 0.536 bits per heavy atom. The molecule has 6 N–H and O–H groups in total. The molecule has 0 aromatic rings. The number of esters is 1. The summed E-state index contributed by atoms with van der Waals surface area (Å²) in [6.45, 7) is 6.61. The highest BCUT2D eigenvalue weighted by molar-refractivity contribution is 5.90. The van der Waals surface area contributed by atoms with Gasteiger partial charge in [0.1, 0.15) is 5.60 Å². The molecule has 69 heavy (non-hydrogen) atoms. The fourth-order valence-electron chi connectivity index (χ4n) is 13.2. The largest absolute Gasteiger partial charge is 0.469 e. The highest BCUT2D eigenvalue weighted by Gasteiger charge is 2.49. The summed E-state index contributed by atoms with van der Waals surface area (Å²) in [5, 5.41) is 19.1. The van der Waals surface area contributed by atoms with Gasteiger partial charge in [-0.25, -0.2) is 4.79 Å². The Morgan fingerprint density at radius 3 is 0.754 bits per heavy atom. The maximum Gasteiger partial charge on any atom is 0.407 e. The number of hydrogen-bond donors (Lipinski definition) is 6. The topological polar surface area (TPSA) is 210 Å². The Kier molecular flexibility index (Phi) is 18.9. The van der Waals surface area contributed by atoms with E-state index in [1.165, 1.54) is 7.11 Å². The Hall–Kier alpha value is -3.91. The minimum atomic E-state index is -0.830. The molecule has 0 aromatic carbocycles. The molecule has 6 rings (SSSR count). The number of rotatable bonds is 18. The lowest BCUT2D eigenvalue weighted by atomic mass is 9.70. The average molecular weight is 967 g/mol. The molecule has 6 amide bonds. The van der Waals surface area contributed by atoms with Crippen molar-refractivity contribution < 1.29 is 43.0 Å². The van der Waals surface area contributed by atoms with Crippen LogP contribution in [0, 0.1) is 32.5 Å². The molecule has 0 heterocycles. The van der Waals surface area contributed by atoms with Crippen LogP contribution in [0.3, 0.4) is 0 Å². The molecule has 0 spiro atoms. The number of ether oxygens (including phenoxy) is 2. The Labute approximate surface area is 413 Å². The molecular formula is C54H90N6O9. The zero-order chi connectivity index (χ0) is 49.7. The number of nitrogens with one attached hydrogen (secondary N) is 6. The van der Waals surface area contributed by atoms with E-state index >= 15 is 0 Å². The number of amides is 6. The quantitative estimate of drug-likeness (QED) is 0.0735. The molecule has 0 atom stereocenters. The molecule has 15 heteroatoms. The summed E-state index contributed by atoms with van der Waals surface area (Å²) in [5.41, 5.74) is -5.41. The third kappa shape index (κ3) is 13.5. The molecule has 390 valence electrons. The van der Waals surface area contributed by atoms with Gasteiger partial charge in [0.15, 0.2) is 0 Å². The minimum Gasteiger partial charge on any atom is -0.469 e.